The number of hydrogen-bond acceptors (Lipinski definition) is 4. The van der Waals surface area contributed by atoms with Gasteiger partial charge in [0.2, 0.25) is 21.8 Å². The summed E-state index contributed by atoms with van der Waals surface area (Å²) in [6.45, 7) is 7.66. The summed E-state index contributed by atoms with van der Waals surface area (Å²) in [5, 5.41) is 3.68. The molecule has 2 amide bonds. The van der Waals surface area contributed by atoms with E-state index in [9.17, 15) is 18.0 Å². The van der Waals surface area contributed by atoms with Crippen molar-refractivity contribution < 1.29 is 18.0 Å². The number of sulfonamides is 1. The summed E-state index contributed by atoms with van der Waals surface area (Å²) in [5.74, 6) is -0.582. The molecular weight excluding hydrogens is 509 g/mol. The van der Waals surface area contributed by atoms with Gasteiger partial charge in [0.05, 0.1) is 11.4 Å². The van der Waals surface area contributed by atoms with E-state index >= 15 is 0 Å². The van der Waals surface area contributed by atoms with Crippen LogP contribution in [0.5, 0.6) is 0 Å². The van der Waals surface area contributed by atoms with Crippen LogP contribution in [0.3, 0.4) is 0 Å². The standard InChI is InChI=1S/C25H33Cl2N3O4S/c1-6-23(25(32)28-14-17(2)3)30(15-19-9-10-20(26)13-22(19)27)24(31)16-29(5)35(33,34)21-11-7-18(4)8-12-21/h7-13,17,23H,6,14-16H2,1-5H3,(H,28,32)/t23-/m1/s1. The van der Waals surface area contributed by atoms with Crippen LogP contribution in [-0.2, 0) is 26.2 Å². The van der Waals surface area contributed by atoms with Crippen molar-refractivity contribution in [1.29, 1.82) is 0 Å². The maximum absolute atomic E-state index is 13.5. The van der Waals surface area contributed by atoms with Gasteiger partial charge in [-0.3, -0.25) is 9.59 Å². The van der Waals surface area contributed by atoms with Crippen LogP contribution in [0.15, 0.2) is 47.4 Å². The van der Waals surface area contributed by atoms with Crippen LogP contribution in [0.1, 0.15) is 38.3 Å². The molecule has 7 nitrogen and oxygen atoms in total. The Bertz CT molecular complexity index is 1140. The molecule has 0 unspecified atom stereocenters. The summed E-state index contributed by atoms with van der Waals surface area (Å²) in [6, 6.07) is 10.5. The molecule has 0 heterocycles. The quantitative estimate of drug-likeness (QED) is 0.453. The van der Waals surface area contributed by atoms with Crippen molar-refractivity contribution in [3.05, 3.63) is 63.6 Å². The van der Waals surface area contributed by atoms with Crippen molar-refractivity contribution in [1.82, 2.24) is 14.5 Å². The monoisotopic (exact) mass is 541 g/mol. The number of likely N-dealkylation sites (N-methyl/N-ethyl adjacent to an activating group) is 1. The zero-order valence-corrected chi connectivity index (χ0v) is 23.0. The van der Waals surface area contributed by atoms with Gasteiger partial charge >= 0.3 is 0 Å². The van der Waals surface area contributed by atoms with Gasteiger partial charge in [-0.25, -0.2) is 8.42 Å². The predicted octanol–water partition coefficient (Wildman–Crippen LogP) is 4.50. The summed E-state index contributed by atoms with van der Waals surface area (Å²) in [5.41, 5.74) is 1.52. The van der Waals surface area contributed by atoms with Gasteiger partial charge in [0.1, 0.15) is 6.04 Å². The van der Waals surface area contributed by atoms with E-state index < -0.39 is 28.5 Å². The van der Waals surface area contributed by atoms with Crippen molar-refractivity contribution in [2.45, 2.75) is 51.6 Å². The van der Waals surface area contributed by atoms with E-state index in [1.165, 1.54) is 24.1 Å². The van der Waals surface area contributed by atoms with Crippen molar-refractivity contribution >= 4 is 45.0 Å². The first-order valence-corrected chi connectivity index (χ1v) is 13.6. The van der Waals surface area contributed by atoms with Gasteiger partial charge in [0.15, 0.2) is 0 Å². The number of hydrogen-bond donors (Lipinski definition) is 1. The maximum atomic E-state index is 13.5. The second-order valence-corrected chi connectivity index (χ2v) is 11.8. The largest absolute Gasteiger partial charge is 0.354 e. The van der Waals surface area contributed by atoms with Gasteiger partial charge in [-0.1, -0.05) is 67.7 Å². The Morgan fingerprint density at radius 2 is 1.69 bits per heavy atom. The van der Waals surface area contributed by atoms with E-state index in [4.69, 9.17) is 23.2 Å². The van der Waals surface area contributed by atoms with Gasteiger partial charge < -0.3 is 10.2 Å². The van der Waals surface area contributed by atoms with Crippen LogP contribution in [0, 0.1) is 12.8 Å². The zero-order chi connectivity index (χ0) is 26.3. The fraction of sp³-hybridized carbons (Fsp3) is 0.440. The van der Waals surface area contributed by atoms with E-state index in [2.05, 4.69) is 5.32 Å². The molecule has 2 rings (SSSR count). The molecule has 0 saturated carbocycles. The second kappa shape index (κ2) is 12.7. The minimum absolute atomic E-state index is 0.0286. The fourth-order valence-corrected chi connectivity index (χ4v) is 5.02. The molecular formula is C25H33Cl2N3O4S. The van der Waals surface area contributed by atoms with Crippen LogP contribution in [-0.4, -0.2) is 55.6 Å². The Morgan fingerprint density at radius 1 is 1.06 bits per heavy atom. The second-order valence-electron chi connectivity index (χ2n) is 8.89. The highest BCUT2D eigenvalue weighted by molar-refractivity contribution is 7.89. The molecule has 0 bridgehead atoms. The van der Waals surface area contributed by atoms with Gasteiger partial charge in [-0.15, -0.1) is 0 Å². The Kier molecular flexibility index (Phi) is 10.6. The summed E-state index contributed by atoms with van der Waals surface area (Å²) < 4.78 is 27.1. The number of aryl methyl sites for hydroxylation is 1. The lowest BCUT2D eigenvalue weighted by Crippen LogP contribution is -2.52. The molecule has 0 aliphatic carbocycles. The van der Waals surface area contributed by atoms with Crippen LogP contribution >= 0.6 is 23.2 Å². The van der Waals surface area contributed by atoms with Crippen LogP contribution in [0.2, 0.25) is 10.0 Å². The molecule has 0 saturated heterocycles. The fourth-order valence-electron chi connectivity index (χ4n) is 3.43. The molecule has 0 aliphatic heterocycles. The summed E-state index contributed by atoms with van der Waals surface area (Å²) in [6.07, 6.45) is 0.343. The van der Waals surface area contributed by atoms with E-state index in [-0.39, 0.29) is 23.3 Å². The van der Waals surface area contributed by atoms with E-state index in [0.717, 1.165) is 9.87 Å². The van der Waals surface area contributed by atoms with Gasteiger partial charge in [0, 0.05) is 30.2 Å². The van der Waals surface area contributed by atoms with Crippen LogP contribution < -0.4 is 5.32 Å². The molecule has 2 aromatic carbocycles. The minimum atomic E-state index is -3.90. The summed E-state index contributed by atoms with van der Waals surface area (Å²) in [4.78, 5) is 28.0. The Morgan fingerprint density at radius 3 is 2.23 bits per heavy atom. The molecule has 192 valence electrons. The minimum Gasteiger partial charge on any atom is -0.354 e. The highest BCUT2D eigenvalue weighted by Gasteiger charge is 2.32. The molecule has 0 spiro atoms. The smallest absolute Gasteiger partial charge is 0.243 e. The molecule has 0 radical (unpaired) electrons. The lowest BCUT2D eigenvalue weighted by atomic mass is 10.1. The third-order valence-corrected chi connectivity index (χ3v) is 7.92. The van der Waals surface area contributed by atoms with Gasteiger partial charge in [-0.2, -0.15) is 4.31 Å². The number of nitrogens with zero attached hydrogens (tertiary/aromatic N) is 2. The number of carbonyl (C=O) groups is 2. The number of halogens is 2. The molecule has 1 N–H and O–H groups in total. The van der Waals surface area contributed by atoms with Crippen LogP contribution in [0.4, 0.5) is 0 Å². The third kappa shape index (κ3) is 7.93. The Labute approximate surface area is 218 Å². The number of carbonyl (C=O) groups excluding carboxylic acids is 2. The van der Waals surface area contributed by atoms with Gasteiger partial charge in [0.25, 0.3) is 0 Å². The first-order valence-electron chi connectivity index (χ1n) is 11.4. The summed E-state index contributed by atoms with van der Waals surface area (Å²) in [7, 11) is -2.56. The first-order chi connectivity index (χ1) is 16.4. The van der Waals surface area contributed by atoms with Crippen LogP contribution in [0.25, 0.3) is 0 Å². The molecule has 10 heteroatoms. The van der Waals surface area contributed by atoms with E-state index in [0.29, 0.717) is 28.6 Å². The highest BCUT2D eigenvalue weighted by atomic mass is 35.5. The molecule has 1 atom stereocenters. The normalized spacial score (nSPS) is 12.6. The number of amides is 2. The SMILES string of the molecule is CC[C@H](C(=O)NCC(C)C)N(Cc1ccc(Cl)cc1Cl)C(=O)CN(C)S(=O)(=O)c1ccc(C)cc1. The molecule has 0 aromatic heterocycles. The van der Waals surface area contributed by atoms with E-state index in [1.54, 1.807) is 37.3 Å². The molecule has 2 aromatic rings. The zero-order valence-electron chi connectivity index (χ0n) is 20.7. The number of rotatable bonds is 11. The molecule has 0 aliphatic rings. The molecule has 35 heavy (non-hydrogen) atoms. The topological polar surface area (TPSA) is 86.8 Å². The van der Waals surface area contributed by atoms with Crippen molar-refractivity contribution in [2.24, 2.45) is 5.92 Å². The van der Waals surface area contributed by atoms with Crippen molar-refractivity contribution in [3.8, 4) is 0 Å². The van der Waals surface area contributed by atoms with Crippen molar-refractivity contribution in [2.75, 3.05) is 20.1 Å². The van der Waals surface area contributed by atoms with E-state index in [1.807, 2.05) is 20.8 Å². The third-order valence-electron chi connectivity index (χ3n) is 5.51. The van der Waals surface area contributed by atoms with Gasteiger partial charge in [-0.05, 0) is 49.1 Å². The number of nitrogens with one attached hydrogen (secondary N) is 1. The van der Waals surface area contributed by atoms with Crippen molar-refractivity contribution in [3.63, 3.8) is 0 Å². The number of benzene rings is 2. The highest BCUT2D eigenvalue weighted by Crippen LogP contribution is 2.24. The lowest BCUT2D eigenvalue weighted by Gasteiger charge is -2.32. The Hall–Kier alpha value is -2.13. The summed E-state index contributed by atoms with van der Waals surface area (Å²) >= 11 is 12.4. The first kappa shape index (κ1) is 29.1. The lowest BCUT2D eigenvalue weighted by molar-refractivity contribution is -0.141. The Balaban J connectivity index is 2.35. The average Bonchev–Trinajstić information content (AvgIpc) is 2.79. The predicted molar refractivity (Wildman–Crippen MR) is 140 cm³/mol. The average molecular weight is 543 g/mol. The molecule has 0 fully saturated rings. The maximum Gasteiger partial charge on any atom is 0.243 e.